The van der Waals surface area contributed by atoms with E-state index in [1.807, 2.05) is 0 Å². The van der Waals surface area contributed by atoms with Gasteiger partial charge in [-0.25, -0.2) is 13.1 Å². The molecule has 2 N–H and O–H groups in total. The molecule has 1 aliphatic rings. The van der Waals surface area contributed by atoms with Crippen molar-refractivity contribution in [3.05, 3.63) is 35.4 Å². The van der Waals surface area contributed by atoms with Crippen LogP contribution in [0.5, 0.6) is 0 Å². The Morgan fingerprint density at radius 2 is 1.80 bits per heavy atom. The van der Waals surface area contributed by atoms with Gasteiger partial charge in [-0.1, -0.05) is 37.6 Å². The highest BCUT2D eigenvalue weighted by Crippen LogP contribution is 2.43. The summed E-state index contributed by atoms with van der Waals surface area (Å²) in [6, 6.07) is 7.02. The molecule has 1 aliphatic carbocycles. The minimum Gasteiger partial charge on any atom is -0.392 e. The topological polar surface area (TPSA) is 66.4 Å². The van der Waals surface area contributed by atoms with Gasteiger partial charge in [0, 0.05) is 6.54 Å². The smallest absolute Gasteiger partial charge is 0.215 e. The fourth-order valence-corrected chi connectivity index (χ4v) is 3.87. The molecular formula is C15H23NO3S. The molecule has 0 heterocycles. The Bertz CT molecular complexity index is 527. The Balaban J connectivity index is 1.92. The van der Waals surface area contributed by atoms with E-state index in [9.17, 15) is 8.42 Å². The molecule has 0 aromatic heterocycles. The van der Waals surface area contributed by atoms with Crippen molar-refractivity contribution < 1.29 is 13.5 Å². The lowest BCUT2D eigenvalue weighted by Crippen LogP contribution is -2.42. The maximum absolute atomic E-state index is 12.1. The molecule has 0 amide bonds. The maximum Gasteiger partial charge on any atom is 0.215 e. The molecule has 0 atom stereocenters. The summed E-state index contributed by atoms with van der Waals surface area (Å²) in [6.07, 6.45) is 4.48. The van der Waals surface area contributed by atoms with Crippen molar-refractivity contribution in [3.8, 4) is 0 Å². The number of nitrogens with one attached hydrogen (secondary N) is 1. The minimum absolute atomic E-state index is 0.00149. The summed E-state index contributed by atoms with van der Waals surface area (Å²) in [4.78, 5) is 0. The monoisotopic (exact) mass is 297 g/mol. The molecule has 112 valence electrons. The van der Waals surface area contributed by atoms with Crippen molar-refractivity contribution >= 4 is 10.0 Å². The van der Waals surface area contributed by atoms with Crippen LogP contribution in [0.4, 0.5) is 0 Å². The Labute approximate surface area is 121 Å². The molecule has 0 bridgehead atoms. The second kappa shape index (κ2) is 6.24. The first kappa shape index (κ1) is 15.5. The summed E-state index contributed by atoms with van der Waals surface area (Å²) in [5, 5.41) is 8.96. The van der Waals surface area contributed by atoms with Crippen LogP contribution < -0.4 is 4.72 Å². The van der Waals surface area contributed by atoms with Gasteiger partial charge in [0.05, 0.1) is 12.4 Å². The molecule has 0 unspecified atom stereocenters. The summed E-state index contributed by atoms with van der Waals surface area (Å²) in [6.45, 7) is 2.66. The van der Waals surface area contributed by atoms with Gasteiger partial charge in [-0.05, 0) is 35.8 Å². The number of aliphatic hydroxyl groups excluding tert-OH is 1. The second-order valence-electron chi connectivity index (χ2n) is 5.76. The van der Waals surface area contributed by atoms with Crippen molar-refractivity contribution in [2.24, 2.45) is 5.41 Å². The number of sulfonamides is 1. The third-order valence-electron chi connectivity index (χ3n) is 4.39. The van der Waals surface area contributed by atoms with Crippen molar-refractivity contribution in [3.63, 3.8) is 0 Å². The van der Waals surface area contributed by atoms with Crippen LogP contribution in [-0.4, -0.2) is 20.1 Å². The van der Waals surface area contributed by atoms with E-state index < -0.39 is 10.0 Å². The van der Waals surface area contributed by atoms with Gasteiger partial charge >= 0.3 is 0 Å². The molecule has 1 saturated carbocycles. The quantitative estimate of drug-likeness (QED) is 0.810. The average Bonchev–Trinajstić information content (AvgIpc) is 2.38. The number of hydrogen-bond acceptors (Lipinski definition) is 3. The molecule has 2 rings (SSSR count). The van der Waals surface area contributed by atoms with Crippen molar-refractivity contribution in [1.82, 2.24) is 4.72 Å². The van der Waals surface area contributed by atoms with Gasteiger partial charge in [0.2, 0.25) is 10.0 Å². The third-order valence-corrected chi connectivity index (χ3v) is 5.69. The number of benzene rings is 1. The number of aliphatic hydroxyl groups is 1. The molecule has 5 heteroatoms. The summed E-state index contributed by atoms with van der Waals surface area (Å²) in [7, 11) is -3.29. The molecule has 1 fully saturated rings. The largest absolute Gasteiger partial charge is 0.392 e. The molecule has 1 aromatic carbocycles. The summed E-state index contributed by atoms with van der Waals surface area (Å²) in [5.74, 6) is -0.00149. The molecule has 1 aromatic rings. The molecule has 4 nitrogen and oxygen atoms in total. The SMILES string of the molecule is CCC1(CNS(=O)(=O)Cc2ccc(CO)cc2)CCC1. The minimum atomic E-state index is -3.29. The number of rotatable bonds is 7. The summed E-state index contributed by atoms with van der Waals surface area (Å²) >= 11 is 0. The van der Waals surface area contributed by atoms with E-state index in [0.717, 1.165) is 30.4 Å². The van der Waals surface area contributed by atoms with Gasteiger partial charge in [-0.2, -0.15) is 0 Å². The van der Waals surface area contributed by atoms with Gasteiger partial charge in [-0.15, -0.1) is 0 Å². The Kier molecular flexibility index (Phi) is 4.83. The Morgan fingerprint density at radius 3 is 2.25 bits per heavy atom. The lowest BCUT2D eigenvalue weighted by molar-refractivity contribution is 0.133. The first-order chi connectivity index (χ1) is 9.49. The molecule has 20 heavy (non-hydrogen) atoms. The van der Waals surface area contributed by atoms with Crippen LogP contribution in [0.1, 0.15) is 43.7 Å². The predicted molar refractivity (Wildman–Crippen MR) is 79.6 cm³/mol. The summed E-state index contributed by atoms with van der Waals surface area (Å²) < 4.78 is 26.9. The summed E-state index contributed by atoms with van der Waals surface area (Å²) in [5.41, 5.74) is 1.72. The van der Waals surface area contributed by atoms with Crippen molar-refractivity contribution in [2.45, 2.75) is 45.0 Å². The van der Waals surface area contributed by atoms with Gasteiger partial charge in [0.15, 0.2) is 0 Å². The van der Waals surface area contributed by atoms with Gasteiger partial charge in [-0.3, -0.25) is 0 Å². The third kappa shape index (κ3) is 3.81. The van der Waals surface area contributed by atoms with Crippen molar-refractivity contribution in [2.75, 3.05) is 6.54 Å². The zero-order valence-corrected chi connectivity index (χ0v) is 12.7. The first-order valence-electron chi connectivity index (χ1n) is 7.15. The normalized spacial score (nSPS) is 17.7. The first-order valence-corrected chi connectivity index (χ1v) is 8.80. The fourth-order valence-electron chi connectivity index (χ4n) is 2.61. The lowest BCUT2D eigenvalue weighted by atomic mass is 9.67. The van der Waals surface area contributed by atoms with Gasteiger partial charge < -0.3 is 5.11 Å². The maximum atomic E-state index is 12.1. The van der Waals surface area contributed by atoms with E-state index in [0.29, 0.717) is 6.54 Å². The van der Waals surface area contributed by atoms with Crippen LogP contribution in [0.2, 0.25) is 0 Å². The molecule has 0 aliphatic heterocycles. The highest BCUT2D eigenvalue weighted by atomic mass is 32.2. The molecular weight excluding hydrogens is 274 g/mol. The van der Waals surface area contributed by atoms with E-state index in [1.54, 1.807) is 24.3 Å². The lowest BCUT2D eigenvalue weighted by Gasteiger charge is -2.41. The van der Waals surface area contributed by atoms with E-state index in [2.05, 4.69) is 11.6 Å². The number of hydrogen-bond donors (Lipinski definition) is 2. The fraction of sp³-hybridized carbons (Fsp3) is 0.600. The highest BCUT2D eigenvalue weighted by molar-refractivity contribution is 7.88. The van der Waals surface area contributed by atoms with Gasteiger partial charge in [0.1, 0.15) is 0 Å². The Hall–Kier alpha value is -0.910. The predicted octanol–water partition coefficient (Wildman–Crippen LogP) is 2.18. The standard InChI is InChI=1S/C15H23NO3S/c1-2-15(8-3-9-15)12-16-20(18,19)11-14-6-4-13(10-17)5-7-14/h4-7,16-17H,2-3,8-12H2,1H3. The zero-order valence-electron chi connectivity index (χ0n) is 11.9. The zero-order chi connectivity index (χ0) is 14.6. The van der Waals surface area contributed by atoms with Crippen LogP contribution in [-0.2, 0) is 22.4 Å². The van der Waals surface area contributed by atoms with Crippen molar-refractivity contribution in [1.29, 1.82) is 0 Å². The van der Waals surface area contributed by atoms with Crippen LogP contribution in [0.25, 0.3) is 0 Å². The Morgan fingerprint density at radius 1 is 1.20 bits per heavy atom. The molecule has 0 radical (unpaired) electrons. The van der Waals surface area contributed by atoms with E-state index in [1.165, 1.54) is 6.42 Å². The average molecular weight is 297 g/mol. The van der Waals surface area contributed by atoms with Crippen LogP contribution in [0.3, 0.4) is 0 Å². The van der Waals surface area contributed by atoms with E-state index in [4.69, 9.17) is 5.11 Å². The van der Waals surface area contributed by atoms with E-state index in [-0.39, 0.29) is 17.8 Å². The second-order valence-corrected chi connectivity index (χ2v) is 7.57. The van der Waals surface area contributed by atoms with Crippen LogP contribution in [0.15, 0.2) is 24.3 Å². The van der Waals surface area contributed by atoms with Crippen LogP contribution >= 0.6 is 0 Å². The van der Waals surface area contributed by atoms with Gasteiger partial charge in [0.25, 0.3) is 0 Å². The molecule has 0 saturated heterocycles. The van der Waals surface area contributed by atoms with E-state index >= 15 is 0 Å². The molecule has 0 spiro atoms. The van der Waals surface area contributed by atoms with Crippen LogP contribution in [0, 0.1) is 5.41 Å². The highest BCUT2D eigenvalue weighted by Gasteiger charge is 2.35.